The summed E-state index contributed by atoms with van der Waals surface area (Å²) in [7, 11) is 0. The smallest absolute Gasteiger partial charge is 0.410 e. The van der Waals surface area contributed by atoms with Gasteiger partial charge >= 0.3 is 12.1 Å². The Labute approximate surface area is 169 Å². The average Bonchev–Trinajstić information content (AvgIpc) is 3.30. The van der Waals surface area contributed by atoms with E-state index in [9.17, 15) is 14.4 Å². The highest BCUT2D eigenvalue weighted by Gasteiger charge is 2.62. The molecule has 2 aromatic carbocycles. The van der Waals surface area contributed by atoms with E-state index in [1.54, 1.807) is 0 Å². The lowest BCUT2D eigenvalue weighted by atomic mass is 9.80. The SMILES string of the molecule is O=C(OCc1ccccc1)N1C[C@H]2CCC(=O)[C@]2(C(=O)OCc2ccccc2)C1. The summed E-state index contributed by atoms with van der Waals surface area (Å²) < 4.78 is 10.9. The number of amides is 1. The summed E-state index contributed by atoms with van der Waals surface area (Å²) in [5.74, 6) is -0.895. The molecule has 1 saturated heterocycles. The fraction of sp³-hybridized carbons (Fsp3) is 0.348. The quantitative estimate of drug-likeness (QED) is 0.575. The van der Waals surface area contributed by atoms with Crippen LogP contribution in [0.15, 0.2) is 60.7 Å². The van der Waals surface area contributed by atoms with Crippen LogP contribution in [0, 0.1) is 11.3 Å². The van der Waals surface area contributed by atoms with Gasteiger partial charge in [-0.1, -0.05) is 60.7 Å². The number of fused-ring (bicyclic) bond motifs is 1. The predicted octanol–water partition coefficient (Wildman–Crippen LogP) is 3.35. The Balaban J connectivity index is 1.42. The summed E-state index contributed by atoms with van der Waals surface area (Å²) in [4.78, 5) is 39.7. The van der Waals surface area contributed by atoms with Gasteiger partial charge in [-0.15, -0.1) is 0 Å². The molecule has 6 nitrogen and oxygen atoms in total. The number of benzene rings is 2. The monoisotopic (exact) mass is 393 g/mol. The molecule has 29 heavy (non-hydrogen) atoms. The standard InChI is InChI=1S/C23H23NO5/c25-20-12-11-19-13-24(22(27)29-15-18-9-5-2-6-10-18)16-23(19,20)21(26)28-14-17-7-3-1-4-8-17/h1-10,19H,11-16H2/t19-,23+/m1/s1. The first kappa shape index (κ1) is 19.2. The van der Waals surface area contributed by atoms with Crippen LogP contribution in [0.1, 0.15) is 24.0 Å². The largest absolute Gasteiger partial charge is 0.460 e. The van der Waals surface area contributed by atoms with E-state index < -0.39 is 17.5 Å². The normalized spacial score (nSPS) is 23.0. The van der Waals surface area contributed by atoms with Crippen LogP contribution in [0.4, 0.5) is 4.79 Å². The first-order chi connectivity index (χ1) is 14.1. The Hall–Kier alpha value is -3.15. The van der Waals surface area contributed by atoms with Gasteiger partial charge < -0.3 is 14.4 Å². The molecule has 2 aliphatic rings. The molecule has 1 aliphatic heterocycles. The highest BCUT2D eigenvalue weighted by Crippen LogP contribution is 2.47. The van der Waals surface area contributed by atoms with Crippen molar-refractivity contribution in [3.8, 4) is 0 Å². The molecule has 0 radical (unpaired) electrons. The number of ether oxygens (including phenoxy) is 2. The molecule has 0 bridgehead atoms. The third kappa shape index (κ3) is 3.75. The highest BCUT2D eigenvalue weighted by molar-refractivity contribution is 6.07. The van der Waals surface area contributed by atoms with Gasteiger partial charge in [-0.3, -0.25) is 9.59 Å². The summed E-state index contributed by atoms with van der Waals surface area (Å²) >= 11 is 0. The minimum Gasteiger partial charge on any atom is -0.460 e. The summed E-state index contributed by atoms with van der Waals surface area (Å²) in [6.45, 7) is 0.623. The molecule has 2 atom stereocenters. The maximum Gasteiger partial charge on any atom is 0.410 e. The molecule has 4 rings (SSSR count). The second-order valence-electron chi connectivity index (χ2n) is 7.61. The molecule has 6 heteroatoms. The summed E-state index contributed by atoms with van der Waals surface area (Å²) in [5.41, 5.74) is 0.477. The van der Waals surface area contributed by atoms with Crippen molar-refractivity contribution in [2.45, 2.75) is 26.1 Å². The first-order valence-electron chi connectivity index (χ1n) is 9.79. The minimum atomic E-state index is -1.26. The lowest BCUT2D eigenvalue weighted by molar-refractivity contribution is -0.161. The summed E-state index contributed by atoms with van der Waals surface area (Å²) in [6.07, 6.45) is 0.422. The number of carbonyl (C=O) groups excluding carboxylic acids is 3. The van der Waals surface area contributed by atoms with Crippen LogP contribution in [0.3, 0.4) is 0 Å². The topological polar surface area (TPSA) is 72.9 Å². The summed E-state index contributed by atoms with van der Waals surface area (Å²) in [6, 6.07) is 18.7. The van der Waals surface area contributed by atoms with Crippen molar-refractivity contribution in [2.75, 3.05) is 13.1 Å². The second-order valence-corrected chi connectivity index (χ2v) is 7.61. The van der Waals surface area contributed by atoms with Crippen LogP contribution in [0.25, 0.3) is 0 Å². The number of rotatable bonds is 5. The molecule has 1 aliphatic carbocycles. The number of ketones is 1. The molecule has 0 spiro atoms. The van der Waals surface area contributed by atoms with Crippen LogP contribution in [-0.4, -0.2) is 35.8 Å². The van der Waals surface area contributed by atoms with E-state index in [4.69, 9.17) is 9.47 Å². The van der Waals surface area contributed by atoms with Gasteiger partial charge in [-0.05, 0) is 17.5 Å². The van der Waals surface area contributed by atoms with E-state index in [2.05, 4.69) is 0 Å². The van der Waals surface area contributed by atoms with E-state index >= 15 is 0 Å². The molecule has 1 saturated carbocycles. The Morgan fingerprint density at radius 2 is 1.52 bits per heavy atom. The number of carbonyl (C=O) groups is 3. The van der Waals surface area contributed by atoms with E-state index in [1.807, 2.05) is 60.7 Å². The van der Waals surface area contributed by atoms with Crippen molar-refractivity contribution >= 4 is 17.8 Å². The predicted molar refractivity (Wildman–Crippen MR) is 105 cm³/mol. The number of Topliss-reactive ketones (excluding diaryl/α,β-unsaturated/α-hetero) is 1. The van der Waals surface area contributed by atoms with Gasteiger partial charge in [0.05, 0.1) is 0 Å². The maximum atomic E-state index is 13.0. The van der Waals surface area contributed by atoms with Crippen molar-refractivity contribution in [1.29, 1.82) is 0 Å². The van der Waals surface area contributed by atoms with Crippen molar-refractivity contribution in [3.63, 3.8) is 0 Å². The Kier molecular flexibility index (Phi) is 5.34. The number of hydrogen-bond acceptors (Lipinski definition) is 5. The molecule has 0 unspecified atom stereocenters. The molecule has 2 aromatic rings. The molecular formula is C23H23NO5. The Morgan fingerprint density at radius 3 is 2.14 bits per heavy atom. The van der Waals surface area contributed by atoms with Gasteiger partial charge in [0.15, 0.2) is 5.78 Å². The van der Waals surface area contributed by atoms with Gasteiger partial charge in [0.2, 0.25) is 0 Å². The fourth-order valence-corrected chi connectivity index (χ4v) is 4.25. The number of esters is 1. The van der Waals surface area contributed by atoms with Gasteiger partial charge in [0, 0.05) is 25.4 Å². The maximum absolute atomic E-state index is 13.0. The highest BCUT2D eigenvalue weighted by atomic mass is 16.6. The molecule has 0 N–H and O–H groups in total. The first-order valence-corrected chi connectivity index (χ1v) is 9.79. The number of likely N-dealkylation sites (tertiary alicyclic amines) is 1. The second kappa shape index (κ2) is 8.07. The zero-order valence-corrected chi connectivity index (χ0v) is 16.1. The zero-order valence-electron chi connectivity index (χ0n) is 16.1. The van der Waals surface area contributed by atoms with Crippen LogP contribution < -0.4 is 0 Å². The lowest BCUT2D eigenvalue weighted by Crippen LogP contribution is -2.44. The van der Waals surface area contributed by atoms with Gasteiger partial charge in [0.25, 0.3) is 0 Å². The molecule has 2 fully saturated rings. The van der Waals surface area contributed by atoms with Gasteiger partial charge in [-0.25, -0.2) is 4.79 Å². The van der Waals surface area contributed by atoms with E-state index in [0.717, 1.165) is 11.1 Å². The van der Waals surface area contributed by atoms with Crippen LogP contribution in [-0.2, 0) is 32.3 Å². The van der Waals surface area contributed by atoms with E-state index in [1.165, 1.54) is 4.90 Å². The number of hydrogen-bond donors (Lipinski definition) is 0. The fourth-order valence-electron chi connectivity index (χ4n) is 4.25. The van der Waals surface area contributed by atoms with Crippen LogP contribution >= 0.6 is 0 Å². The average molecular weight is 393 g/mol. The minimum absolute atomic E-state index is 0.0255. The van der Waals surface area contributed by atoms with E-state index in [-0.39, 0.29) is 31.5 Å². The van der Waals surface area contributed by atoms with Crippen molar-refractivity contribution < 1.29 is 23.9 Å². The van der Waals surface area contributed by atoms with E-state index in [0.29, 0.717) is 19.4 Å². The van der Waals surface area contributed by atoms with Crippen molar-refractivity contribution in [1.82, 2.24) is 4.90 Å². The van der Waals surface area contributed by atoms with Crippen LogP contribution in [0.5, 0.6) is 0 Å². The Morgan fingerprint density at radius 1 is 0.931 bits per heavy atom. The molecule has 150 valence electrons. The molecular weight excluding hydrogens is 370 g/mol. The number of nitrogens with zero attached hydrogens (tertiary/aromatic N) is 1. The third-order valence-corrected chi connectivity index (χ3v) is 5.84. The summed E-state index contributed by atoms with van der Waals surface area (Å²) in [5, 5.41) is 0. The Bertz CT molecular complexity index is 898. The molecule has 0 aromatic heterocycles. The molecule has 1 heterocycles. The lowest BCUT2D eigenvalue weighted by Gasteiger charge is -2.24. The van der Waals surface area contributed by atoms with Crippen molar-refractivity contribution in [2.24, 2.45) is 11.3 Å². The zero-order chi connectivity index (χ0) is 20.3. The molecule has 1 amide bonds. The third-order valence-electron chi connectivity index (χ3n) is 5.84. The van der Waals surface area contributed by atoms with Crippen LogP contribution in [0.2, 0.25) is 0 Å². The van der Waals surface area contributed by atoms with Crippen molar-refractivity contribution in [3.05, 3.63) is 71.8 Å². The van der Waals surface area contributed by atoms with Gasteiger partial charge in [-0.2, -0.15) is 0 Å². The van der Waals surface area contributed by atoms with Gasteiger partial charge in [0.1, 0.15) is 18.6 Å².